The summed E-state index contributed by atoms with van der Waals surface area (Å²) in [5, 5.41) is 0. The summed E-state index contributed by atoms with van der Waals surface area (Å²) in [7, 11) is -0.652. The molecule has 1 N–H and O–H groups in total. The van der Waals surface area contributed by atoms with Gasteiger partial charge in [0, 0.05) is 22.9 Å². The van der Waals surface area contributed by atoms with E-state index in [0.717, 1.165) is 6.26 Å². The van der Waals surface area contributed by atoms with Crippen LogP contribution < -0.4 is 18.9 Å². The number of pyridine rings is 1. The maximum absolute atomic E-state index is 12.3. The number of nitrogens with zero attached hydrogens (tertiary/aromatic N) is 1. The fourth-order valence-corrected chi connectivity index (χ4v) is 3.18. The predicted octanol–water partition coefficient (Wildman–Crippen LogP) is 3.25. The van der Waals surface area contributed by atoms with E-state index < -0.39 is 15.9 Å². The van der Waals surface area contributed by atoms with Crippen molar-refractivity contribution in [2.24, 2.45) is 0 Å². The Kier molecular flexibility index (Phi) is 6.22. The van der Waals surface area contributed by atoms with E-state index in [2.05, 4.69) is 4.98 Å². The van der Waals surface area contributed by atoms with Gasteiger partial charge in [0.2, 0.25) is 15.9 Å². The van der Waals surface area contributed by atoms with Crippen molar-refractivity contribution in [3.05, 3.63) is 66.4 Å². The predicted molar refractivity (Wildman–Crippen MR) is 112 cm³/mol. The molecule has 0 bridgehead atoms. The van der Waals surface area contributed by atoms with Crippen LogP contribution in [0, 0.1) is 0 Å². The van der Waals surface area contributed by atoms with Gasteiger partial charge < -0.3 is 14.2 Å². The minimum absolute atomic E-state index is 0.142. The van der Waals surface area contributed by atoms with Crippen molar-refractivity contribution in [2.45, 2.75) is 0 Å². The van der Waals surface area contributed by atoms with E-state index in [0.29, 0.717) is 34.3 Å². The first-order valence-electron chi connectivity index (χ1n) is 8.78. The van der Waals surface area contributed by atoms with Crippen LogP contribution in [0.4, 0.5) is 0 Å². The zero-order valence-corrected chi connectivity index (χ0v) is 17.4. The van der Waals surface area contributed by atoms with E-state index in [4.69, 9.17) is 14.2 Å². The minimum Gasteiger partial charge on any atom is -0.497 e. The third kappa shape index (κ3) is 5.06. The lowest BCUT2D eigenvalue weighted by atomic mass is 10.0. The van der Waals surface area contributed by atoms with Gasteiger partial charge in [0.15, 0.2) is 0 Å². The van der Waals surface area contributed by atoms with Crippen molar-refractivity contribution in [3.8, 4) is 34.3 Å². The normalized spacial score (nSPS) is 10.9. The number of carbonyl (C=O) groups is 1. The summed E-state index contributed by atoms with van der Waals surface area (Å²) in [5.41, 5.74) is 1.23. The Hall–Kier alpha value is -3.59. The molecule has 3 aromatic rings. The number of hydrogen-bond donors (Lipinski definition) is 1. The Bertz CT molecular complexity index is 1160. The number of sulfonamides is 1. The molecule has 3 rings (SSSR count). The second-order valence-electron chi connectivity index (χ2n) is 6.25. The van der Waals surface area contributed by atoms with E-state index >= 15 is 0 Å². The number of ether oxygens (including phenoxy) is 3. The third-order valence-corrected chi connectivity index (χ3v) is 4.62. The number of hydrogen-bond acceptors (Lipinski definition) is 7. The van der Waals surface area contributed by atoms with E-state index in [1.54, 1.807) is 55.8 Å². The molecular weight excluding hydrogens is 408 g/mol. The molecule has 0 radical (unpaired) electrons. The molecule has 0 unspecified atom stereocenters. The van der Waals surface area contributed by atoms with Crippen LogP contribution in [-0.4, -0.2) is 39.8 Å². The molecule has 0 atom stereocenters. The lowest BCUT2D eigenvalue weighted by Gasteiger charge is -2.15. The Balaban J connectivity index is 2.07. The van der Waals surface area contributed by atoms with Gasteiger partial charge in [-0.25, -0.2) is 18.1 Å². The molecule has 0 aliphatic heterocycles. The Labute approximate surface area is 174 Å². The summed E-state index contributed by atoms with van der Waals surface area (Å²) in [6.45, 7) is 0. The molecule has 1 aromatic heterocycles. The van der Waals surface area contributed by atoms with E-state index in [9.17, 15) is 13.2 Å². The molecule has 0 saturated carbocycles. The number of nitrogens with one attached hydrogen (secondary N) is 1. The number of methoxy groups -OCH3 is 2. The van der Waals surface area contributed by atoms with Crippen molar-refractivity contribution in [1.29, 1.82) is 0 Å². The van der Waals surface area contributed by atoms with E-state index in [1.807, 2.05) is 4.72 Å². The third-order valence-electron chi connectivity index (χ3n) is 4.06. The van der Waals surface area contributed by atoms with Gasteiger partial charge in [0.05, 0.1) is 20.5 Å². The molecule has 1 amide bonds. The lowest BCUT2D eigenvalue weighted by molar-refractivity contribution is 0.0981. The number of amides is 1. The highest BCUT2D eigenvalue weighted by Gasteiger charge is 2.18. The molecule has 156 valence electrons. The van der Waals surface area contributed by atoms with Crippen molar-refractivity contribution in [2.75, 3.05) is 20.5 Å². The summed E-state index contributed by atoms with van der Waals surface area (Å²) >= 11 is 0. The van der Waals surface area contributed by atoms with E-state index in [-0.39, 0.29) is 5.56 Å². The van der Waals surface area contributed by atoms with Crippen molar-refractivity contribution < 1.29 is 27.4 Å². The van der Waals surface area contributed by atoms with Crippen molar-refractivity contribution in [1.82, 2.24) is 9.71 Å². The molecule has 1 heterocycles. The second-order valence-corrected chi connectivity index (χ2v) is 8.00. The van der Waals surface area contributed by atoms with Gasteiger partial charge in [-0.1, -0.05) is 0 Å². The van der Waals surface area contributed by atoms with Gasteiger partial charge in [0.25, 0.3) is 5.91 Å². The zero-order chi connectivity index (χ0) is 21.7. The molecule has 0 fully saturated rings. The summed E-state index contributed by atoms with van der Waals surface area (Å²) in [4.78, 5) is 16.5. The first-order valence-corrected chi connectivity index (χ1v) is 10.7. The number of rotatable bonds is 7. The SMILES string of the molecule is COc1ccc(Oc2ccc(C(=O)NS(C)(=O)=O)cc2-c2cccnc2OC)cc1. The van der Waals surface area contributed by atoms with Crippen LogP contribution in [0.15, 0.2) is 60.8 Å². The average Bonchev–Trinajstić information content (AvgIpc) is 2.73. The number of carbonyl (C=O) groups excluding carboxylic acids is 1. The zero-order valence-electron chi connectivity index (χ0n) is 16.6. The minimum atomic E-state index is -3.71. The van der Waals surface area contributed by atoms with Crippen LogP contribution in [-0.2, 0) is 10.0 Å². The molecule has 0 aliphatic carbocycles. The van der Waals surface area contributed by atoms with Crippen LogP contribution in [0.5, 0.6) is 23.1 Å². The molecular formula is C21H20N2O6S. The van der Waals surface area contributed by atoms with Crippen LogP contribution >= 0.6 is 0 Å². The standard InChI is InChI=1S/C21H20N2O6S/c1-27-15-7-9-16(10-8-15)29-19-11-6-14(20(24)23-30(3,25)26)13-18(19)17-5-4-12-22-21(17)28-2/h4-13H,1-3H3,(H,23,24). The molecule has 9 heteroatoms. The summed E-state index contributed by atoms with van der Waals surface area (Å²) < 4.78 is 41.3. The first kappa shape index (κ1) is 21.1. The van der Waals surface area contributed by atoms with E-state index in [1.165, 1.54) is 19.2 Å². The largest absolute Gasteiger partial charge is 0.497 e. The van der Waals surface area contributed by atoms with Crippen LogP contribution in [0.3, 0.4) is 0 Å². The fourth-order valence-electron chi connectivity index (χ4n) is 2.73. The summed E-state index contributed by atoms with van der Waals surface area (Å²) in [6, 6.07) is 15.1. The average molecular weight is 428 g/mol. The molecule has 30 heavy (non-hydrogen) atoms. The maximum Gasteiger partial charge on any atom is 0.264 e. The molecule has 8 nitrogen and oxygen atoms in total. The Morgan fingerprint density at radius 3 is 2.27 bits per heavy atom. The molecule has 0 spiro atoms. The van der Waals surface area contributed by atoms with Gasteiger partial charge in [-0.3, -0.25) is 4.79 Å². The lowest BCUT2D eigenvalue weighted by Crippen LogP contribution is -2.29. The summed E-state index contributed by atoms with van der Waals surface area (Å²) in [5.74, 6) is 1.25. The van der Waals surface area contributed by atoms with Gasteiger partial charge in [-0.05, 0) is 54.6 Å². The highest BCUT2D eigenvalue weighted by molar-refractivity contribution is 7.89. The van der Waals surface area contributed by atoms with Crippen LogP contribution in [0.1, 0.15) is 10.4 Å². The van der Waals surface area contributed by atoms with Crippen molar-refractivity contribution >= 4 is 15.9 Å². The highest BCUT2D eigenvalue weighted by atomic mass is 32.2. The smallest absolute Gasteiger partial charge is 0.264 e. The second kappa shape index (κ2) is 8.83. The molecule has 2 aromatic carbocycles. The maximum atomic E-state index is 12.3. The monoisotopic (exact) mass is 428 g/mol. The van der Waals surface area contributed by atoms with Gasteiger partial charge >= 0.3 is 0 Å². The summed E-state index contributed by atoms with van der Waals surface area (Å²) in [6.07, 6.45) is 2.49. The first-order chi connectivity index (χ1) is 14.3. The molecule has 0 saturated heterocycles. The number of benzene rings is 2. The van der Waals surface area contributed by atoms with Gasteiger partial charge in [-0.2, -0.15) is 0 Å². The molecule has 0 aliphatic rings. The quantitative estimate of drug-likeness (QED) is 0.616. The van der Waals surface area contributed by atoms with Gasteiger partial charge in [-0.15, -0.1) is 0 Å². The topological polar surface area (TPSA) is 104 Å². The Morgan fingerprint density at radius 1 is 0.933 bits per heavy atom. The fraction of sp³-hybridized carbons (Fsp3) is 0.143. The van der Waals surface area contributed by atoms with Crippen molar-refractivity contribution in [3.63, 3.8) is 0 Å². The highest BCUT2D eigenvalue weighted by Crippen LogP contribution is 2.38. The van der Waals surface area contributed by atoms with Crippen LogP contribution in [0.2, 0.25) is 0 Å². The van der Waals surface area contributed by atoms with Gasteiger partial charge in [0.1, 0.15) is 17.2 Å². The number of aromatic nitrogens is 1. The Morgan fingerprint density at radius 2 is 1.63 bits per heavy atom. The van der Waals surface area contributed by atoms with Crippen LogP contribution in [0.25, 0.3) is 11.1 Å².